The van der Waals surface area contributed by atoms with E-state index >= 15 is 0 Å². The van der Waals surface area contributed by atoms with E-state index in [-0.39, 0.29) is 17.8 Å². The molecule has 1 amide bonds. The van der Waals surface area contributed by atoms with Crippen LogP contribution in [0.4, 0.5) is 4.39 Å². The third kappa shape index (κ3) is 4.39. The molecule has 1 aliphatic heterocycles. The molecule has 1 aliphatic rings. The molecule has 4 rings (SSSR count). The van der Waals surface area contributed by atoms with Crippen molar-refractivity contribution in [3.63, 3.8) is 0 Å². The molecule has 0 bridgehead atoms. The Morgan fingerprint density at radius 2 is 2.00 bits per heavy atom. The van der Waals surface area contributed by atoms with Gasteiger partial charge in [0.1, 0.15) is 11.9 Å². The van der Waals surface area contributed by atoms with Crippen LogP contribution in [0.3, 0.4) is 0 Å². The molecule has 2 N–H and O–H groups in total. The van der Waals surface area contributed by atoms with E-state index in [4.69, 9.17) is 4.98 Å². The Kier molecular flexibility index (Phi) is 5.98. The third-order valence-corrected chi connectivity index (χ3v) is 6.55. The summed E-state index contributed by atoms with van der Waals surface area (Å²) in [6, 6.07) is 15.2. The second-order valence-corrected chi connectivity index (χ2v) is 8.41. The number of amides is 1. The van der Waals surface area contributed by atoms with E-state index in [2.05, 4.69) is 11.4 Å². The minimum atomic E-state index is -0.214. The number of hydrogen-bond acceptors (Lipinski definition) is 3. The Morgan fingerprint density at radius 3 is 2.86 bits per heavy atom. The summed E-state index contributed by atoms with van der Waals surface area (Å²) in [5.41, 5.74) is 1.68. The Bertz CT molecular complexity index is 925. The first-order valence-electron chi connectivity index (χ1n) is 9.91. The number of fused-ring (bicyclic) bond motifs is 1. The van der Waals surface area contributed by atoms with E-state index in [1.807, 2.05) is 24.3 Å². The van der Waals surface area contributed by atoms with Gasteiger partial charge in [0.05, 0.1) is 16.8 Å². The van der Waals surface area contributed by atoms with Crippen LogP contribution in [0.2, 0.25) is 0 Å². The predicted octanol–water partition coefficient (Wildman–Crippen LogP) is 2.90. The van der Waals surface area contributed by atoms with Gasteiger partial charge in [0.15, 0.2) is 11.6 Å². The van der Waals surface area contributed by atoms with Crippen molar-refractivity contribution in [1.29, 1.82) is 0 Å². The molecule has 4 nitrogen and oxygen atoms in total. The zero-order chi connectivity index (χ0) is 19.3. The molecule has 28 heavy (non-hydrogen) atoms. The molecular weight excluding hydrogens is 373 g/mol. The average Bonchev–Trinajstić information content (AvgIpc) is 3.14. The lowest BCUT2D eigenvalue weighted by Gasteiger charge is -2.30. The van der Waals surface area contributed by atoms with Gasteiger partial charge >= 0.3 is 0 Å². The van der Waals surface area contributed by atoms with Crippen molar-refractivity contribution in [3.05, 3.63) is 64.9 Å². The van der Waals surface area contributed by atoms with Crippen LogP contribution in [0.25, 0.3) is 10.2 Å². The fourth-order valence-corrected chi connectivity index (χ4v) is 5.10. The number of piperidine rings is 1. The Morgan fingerprint density at radius 1 is 1.18 bits per heavy atom. The molecule has 1 saturated heterocycles. The number of aromatic nitrogens is 1. The second-order valence-electron chi connectivity index (χ2n) is 7.34. The van der Waals surface area contributed by atoms with Gasteiger partial charge in [0.2, 0.25) is 0 Å². The molecule has 0 saturated carbocycles. The molecule has 1 unspecified atom stereocenters. The molecule has 0 radical (unpaired) electrons. The SMILES string of the molecule is O=C(C[NH+]1CCCC[C@H]1c1nc2ccccc2s1)NCCc1ccccc1F. The van der Waals surface area contributed by atoms with Gasteiger partial charge in [-0.25, -0.2) is 9.37 Å². The summed E-state index contributed by atoms with van der Waals surface area (Å²) in [5.74, 6) is -0.186. The lowest BCUT2D eigenvalue weighted by atomic mass is 10.0. The highest BCUT2D eigenvalue weighted by Crippen LogP contribution is 2.28. The quantitative estimate of drug-likeness (QED) is 0.671. The molecule has 2 atom stereocenters. The average molecular weight is 399 g/mol. The number of hydrogen-bond donors (Lipinski definition) is 2. The summed E-state index contributed by atoms with van der Waals surface area (Å²) in [4.78, 5) is 18.6. The highest BCUT2D eigenvalue weighted by atomic mass is 32.1. The number of thiazole rings is 1. The first-order valence-corrected chi connectivity index (χ1v) is 10.7. The number of para-hydroxylation sites is 1. The lowest BCUT2D eigenvalue weighted by molar-refractivity contribution is -0.929. The number of likely N-dealkylation sites (tertiary alicyclic amines) is 1. The molecule has 2 heterocycles. The van der Waals surface area contributed by atoms with Crippen LogP contribution in [0.1, 0.15) is 35.9 Å². The third-order valence-electron chi connectivity index (χ3n) is 5.40. The van der Waals surface area contributed by atoms with Crippen LogP contribution in [0.15, 0.2) is 48.5 Å². The van der Waals surface area contributed by atoms with Crippen molar-refractivity contribution in [2.45, 2.75) is 31.7 Å². The summed E-state index contributed by atoms with van der Waals surface area (Å²) < 4.78 is 14.9. The van der Waals surface area contributed by atoms with Crippen LogP contribution in [-0.2, 0) is 11.2 Å². The Labute approximate surface area is 168 Å². The highest BCUT2D eigenvalue weighted by Gasteiger charge is 2.31. The van der Waals surface area contributed by atoms with Crippen molar-refractivity contribution in [2.24, 2.45) is 0 Å². The number of benzene rings is 2. The van der Waals surface area contributed by atoms with E-state index < -0.39 is 0 Å². The molecule has 6 heteroatoms. The largest absolute Gasteiger partial charge is 0.351 e. The standard InChI is InChI=1S/C22H24FN3OS/c23-17-8-2-1-7-16(17)12-13-24-21(27)15-26-14-6-5-10-19(26)22-25-18-9-3-4-11-20(18)28-22/h1-4,7-9,11,19H,5-6,10,12-15H2,(H,24,27)/p+1/t19-/m0/s1. The van der Waals surface area contributed by atoms with Crippen LogP contribution in [-0.4, -0.2) is 30.5 Å². The van der Waals surface area contributed by atoms with Crippen LogP contribution in [0, 0.1) is 5.82 Å². The van der Waals surface area contributed by atoms with E-state index in [1.165, 1.54) is 22.1 Å². The van der Waals surface area contributed by atoms with Gasteiger partial charge in [0, 0.05) is 13.0 Å². The summed E-state index contributed by atoms with van der Waals surface area (Å²) in [5, 5.41) is 4.10. The van der Waals surface area contributed by atoms with Gasteiger partial charge < -0.3 is 10.2 Å². The first kappa shape index (κ1) is 19.0. The van der Waals surface area contributed by atoms with Gasteiger partial charge in [-0.1, -0.05) is 30.3 Å². The van der Waals surface area contributed by atoms with Crippen LogP contribution in [0.5, 0.6) is 0 Å². The minimum Gasteiger partial charge on any atom is -0.351 e. The molecule has 1 aromatic heterocycles. The van der Waals surface area contributed by atoms with E-state index in [0.717, 1.165) is 29.9 Å². The maximum absolute atomic E-state index is 13.7. The number of quaternary nitrogens is 1. The Balaban J connectivity index is 1.36. The van der Waals surface area contributed by atoms with Crippen LogP contribution < -0.4 is 10.2 Å². The summed E-state index contributed by atoms with van der Waals surface area (Å²) in [7, 11) is 0. The fraction of sp³-hybridized carbons (Fsp3) is 0.364. The highest BCUT2D eigenvalue weighted by molar-refractivity contribution is 7.18. The van der Waals surface area contributed by atoms with Crippen molar-refractivity contribution in [1.82, 2.24) is 10.3 Å². The van der Waals surface area contributed by atoms with E-state index in [9.17, 15) is 9.18 Å². The number of carbonyl (C=O) groups is 1. The molecule has 0 spiro atoms. The van der Waals surface area contributed by atoms with Crippen molar-refractivity contribution >= 4 is 27.5 Å². The zero-order valence-electron chi connectivity index (χ0n) is 15.8. The van der Waals surface area contributed by atoms with Gasteiger partial charge in [-0.3, -0.25) is 4.79 Å². The summed E-state index contributed by atoms with van der Waals surface area (Å²) in [6.07, 6.45) is 3.89. The zero-order valence-corrected chi connectivity index (χ0v) is 16.6. The molecule has 146 valence electrons. The topological polar surface area (TPSA) is 46.4 Å². The number of nitrogens with zero attached hydrogens (tertiary/aromatic N) is 1. The maximum Gasteiger partial charge on any atom is 0.275 e. The van der Waals surface area contributed by atoms with Crippen molar-refractivity contribution in [2.75, 3.05) is 19.6 Å². The summed E-state index contributed by atoms with van der Waals surface area (Å²) in [6.45, 7) is 1.89. The predicted molar refractivity (Wildman–Crippen MR) is 110 cm³/mol. The Hall–Kier alpha value is -2.31. The van der Waals surface area contributed by atoms with E-state index in [1.54, 1.807) is 23.5 Å². The molecule has 3 aromatic rings. The van der Waals surface area contributed by atoms with E-state index in [0.29, 0.717) is 25.1 Å². The molecule has 2 aromatic carbocycles. The number of halogens is 1. The fourth-order valence-electron chi connectivity index (χ4n) is 3.93. The first-order chi connectivity index (χ1) is 13.7. The summed E-state index contributed by atoms with van der Waals surface area (Å²) >= 11 is 1.75. The molecule has 0 aliphatic carbocycles. The molecule has 1 fully saturated rings. The van der Waals surface area contributed by atoms with Gasteiger partial charge in [-0.2, -0.15) is 0 Å². The van der Waals surface area contributed by atoms with Crippen molar-refractivity contribution < 1.29 is 14.1 Å². The maximum atomic E-state index is 13.7. The van der Waals surface area contributed by atoms with Gasteiger partial charge in [-0.15, -0.1) is 11.3 Å². The molecular formula is C22H25FN3OS+. The normalized spacial score (nSPS) is 19.6. The number of rotatable bonds is 6. The number of nitrogens with one attached hydrogen (secondary N) is 2. The van der Waals surface area contributed by atoms with Gasteiger partial charge in [0.25, 0.3) is 5.91 Å². The van der Waals surface area contributed by atoms with Crippen molar-refractivity contribution in [3.8, 4) is 0 Å². The second kappa shape index (κ2) is 8.80. The lowest BCUT2D eigenvalue weighted by Crippen LogP contribution is -3.14. The minimum absolute atomic E-state index is 0.0272. The van der Waals surface area contributed by atoms with Gasteiger partial charge in [-0.05, 0) is 43.0 Å². The number of carbonyl (C=O) groups excluding carboxylic acids is 1. The monoisotopic (exact) mass is 398 g/mol. The van der Waals surface area contributed by atoms with Crippen LogP contribution >= 0.6 is 11.3 Å². The smallest absolute Gasteiger partial charge is 0.275 e.